The van der Waals surface area contributed by atoms with Crippen LogP contribution in [0, 0.1) is 6.92 Å². The van der Waals surface area contributed by atoms with Crippen molar-refractivity contribution in [2.24, 2.45) is 0 Å². The van der Waals surface area contributed by atoms with Gasteiger partial charge in [0.25, 0.3) is 0 Å². The van der Waals surface area contributed by atoms with Crippen LogP contribution in [0.1, 0.15) is 42.9 Å². The molecular weight excluding hydrogens is 388 g/mol. The highest BCUT2D eigenvalue weighted by atomic mass is 16.5. The minimum Gasteiger partial charge on any atom is -0.489 e. The molecule has 6 heteroatoms. The van der Waals surface area contributed by atoms with Crippen LogP contribution in [0.3, 0.4) is 0 Å². The van der Waals surface area contributed by atoms with Crippen LogP contribution < -0.4 is 15.7 Å². The summed E-state index contributed by atoms with van der Waals surface area (Å²) in [5.41, 5.74) is 4.81. The maximum absolute atomic E-state index is 12.5. The quantitative estimate of drug-likeness (QED) is 0.439. The number of H-pyrrole nitrogens is 1. The Balaban J connectivity index is 1.35. The Kier molecular flexibility index (Phi) is 5.20. The van der Waals surface area contributed by atoms with E-state index < -0.39 is 0 Å². The summed E-state index contributed by atoms with van der Waals surface area (Å²) in [6.07, 6.45) is 6.20. The molecule has 158 valence electrons. The summed E-state index contributed by atoms with van der Waals surface area (Å²) < 4.78 is 7.83. The first-order valence-electron chi connectivity index (χ1n) is 10.8. The average Bonchev–Trinajstić information content (AvgIpc) is 3.41. The number of aromatic nitrogens is 3. The zero-order chi connectivity index (χ0) is 21.2. The molecular formula is C25H26N4O2. The summed E-state index contributed by atoms with van der Waals surface area (Å²) in [4.78, 5) is 19.9. The third-order valence-electron chi connectivity index (χ3n) is 6.00. The molecule has 2 aromatic carbocycles. The Hall–Kier alpha value is -3.54. The van der Waals surface area contributed by atoms with Gasteiger partial charge in [0.1, 0.15) is 18.2 Å². The van der Waals surface area contributed by atoms with Crippen LogP contribution in [0.2, 0.25) is 0 Å². The van der Waals surface area contributed by atoms with Crippen LogP contribution >= 0.6 is 0 Å². The highest BCUT2D eigenvalue weighted by Crippen LogP contribution is 2.31. The lowest BCUT2D eigenvalue weighted by Gasteiger charge is -2.13. The van der Waals surface area contributed by atoms with Gasteiger partial charge in [-0.3, -0.25) is 4.57 Å². The number of hydrogen-bond donors (Lipinski definition) is 2. The molecule has 1 aliphatic rings. The van der Waals surface area contributed by atoms with Crippen LogP contribution in [0.4, 0.5) is 11.5 Å². The normalized spacial score (nSPS) is 14.2. The molecule has 0 unspecified atom stereocenters. The van der Waals surface area contributed by atoms with Gasteiger partial charge in [-0.15, -0.1) is 0 Å². The number of nitrogens with one attached hydrogen (secondary N) is 2. The first kappa shape index (κ1) is 19.4. The van der Waals surface area contributed by atoms with Crippen molar-refractivity contribution in [3.8, 4) is 5.75 Å². The lowest BCUT2D eigenvalue weighted by atomic mass is 10.2. The standard InChI is InChI=1S/C25H26N4O2/c1-17-13-20(31-16-18-7-3-2-4-8-18)11-12-21(17)27-24-14-23-22(15-26-24)28-25(30)29(23)19-9-5-6-10-19/h2-4,7-8,11-15,19H,5-6,9-10,16H2,1H3,(H,26,27)(H,28,30). The van der Waals surface area contributed by atoms with Crippen molar-refractivity contribution in [1.29, 1.82) is 0 Å². The zero-order valence-corrected chi connectivity index (χ0v) is 17.6. The van der Waals surface area contributed by atoms with Crippen molar-refractivity contribution < 1.29 is 4.74 Å². The highest BCUT2D eigenvalue weighted by Gasteiger charge is 2.21. The molecule has 31 heavy (non-hydrogen) atoms. The molecule has 0 saturated heterocycles. The lowest BCUT2D eigenvalue weighted by Crippen LogP contribution is -2.20. The van der Waals surface area contributed by atoms with Crippen molar-refractivity contribution >= 4 is 22.5 Å². The Morgan fingerprint density at radius 2 is 1.94 bits per heavy atom. The maximum Gasteiger partial charge on any atom is 0.326 e. The largest absolute Gasteiger partial charge is 0.489 e. The Labute approximate surface area is 180 Å². The van der Waals surface area contributed by atoms with Gasteiger partial charge in [-0.05, 0) is 49.1 Å². The van der Waals surface area contributed by atoms with Crippen molar-refractivity contribution in [3.05, 3.63) is 82.4 Å². The van der Waals surface area contributed by atoms with Crippen LogP contribution in [0.15, 0.2) is 65.6 Å². The van der Waals surface area contributed by atoms with E-state index in [0.29, 0.717) is 6.61 Å². The van der Waals surface area contributed by atoms with E-state index in [2.05, 4.69) is 27.4 Å². The number of fused-ring (bicyclic) bond motifs is 1. The summed E-state index contributed by atoms with van der Waals surface area (Å²) in [5, 5.41) is 3.40. The van der Waals surface area contributed by atoms with Gasteiger partial charge in [0, 0.05) is 17.8 Å². The minimum absolute atomic E-state index is 0.0445. The van der Waals surface area contributed by atoms with Gasteiger partial charge < -0.3 is 15.0 Å². The molecule has 6 nitrogen and oxygen atoms in total. The maximum atomic E-state index is 12.5. The molecule has 0 amide bonds. The van der Waals surface area contributed by atoms with Crippen molar-refractivity contribution in [2.45, 2.75) is 45.3 Å². The third-order valence-corrected chi connectivity index (χ3v) is 6.00. The number of nitrogens with zero attached hydrogens (tertiary/aromatic N) is 2. The number of benzene rings is 2. The number of pyridine rings is 1. The Morgan fingerprint density at radius 3 is 2.71 bits per heavy atom. The van der Waals surface area contributed by atoms with E-state index in [9.17, 15) is 4.79 Å². The smallest absolute Gasteiger partial charge is 0.326 e. The van der Waals surface area contributed by atoms with Crippen molar-refractivity contribution in [1.82, 2.24) is 14.5 Å². The molecule has 1 aliphatic carbocycles. The minimum atomic E-state index is -0.0445. The fraction of sp³-hybridized carbons (Fsp3) is 0.280. The molecule has 2 heterocycles. The van der Waals surface area contributed by atoms with E-state index in [1.165, 1.54) is 12.8 Å². The SMILES string of the molecule is Cc1cc(OCc2ccccc2)ccc1Nc1cc2c(cn1)[nH]c(=O)n2C1CCCC1. The Morgan fingerprint density at radius 1 is 1.13 bits per heavy atom. The first-order chi connectivity index (χ1) is 15.2. The number of imidazole rings is 1. The molecule has 2 N–H and O–H groups in total. The van der Waals surface area contributed by atoms with Crippen LogP contribution in [0.5, 0.6) is 5.75 Å². The van der Waals surface area contributed by atoms with E-state index in [-0.39, 0.29) is 11.7 Å². The predicted molar refractivity (Wildman–Crippen MR) is 123 cm³/mol. The van der Waals surface area contributed by atoms with Gasteiger partial charge in [0.2, 0.25) is 0 Å². The van der Waals surface area contributed by atoms with E-state index >= 15 is 0 Å². The molecule has 0 atom stereocenters. The second kappa shape index (κ2) is 8.30. The predicted octanol–water partition coefficient (Wildman–Crippen LogP) is 5.47. The molecule has 0 spiro atoms. The van der Waals surface area contributed by atoms with Crippen LogP contribution in [0.25, 0.3) is 11.0 Å². The molecule has 0 aliphatic heterocycles. The second-order valence-corrected chi connectivity index (χ2v) is 8.20. The number of hydrogen-bond acceptors (Lipinski definition) is 4. The van der Waals surface area contributed by atoms with E-state index in [0.717, 1.165) is 52.3 Å². The summed E-state index contributed by atoms with van der Waals surface area (Å²) >= 11 is 0. The number of aryl methyl sites for hydroxylation is 1. The molecule has 1 saturated carbocycles. The molecule has 2 aromatic heterocycles. The van der Waals surface area contributed by atoms with Gasteiger partial charge in [0.15, 0.2) is 0 Å². The summed E-state index contributed by atoms with van der Waals surface area (Å²) in [5.74, 6) is 1.55. The number of rotatable bonds is 6. The van der Waals surface area contributed by atoms with E-state index in [1.807, 2.05) is 54.0 Å². The fourth-order valence-corrected chi connectivity index (χ4v) is 4.36. The molecule has 0 radical (unpaired) electrons. The van der Waals surface area contributed by atoms with Crippen LogP contribution in [-0.2, 0) is 6.61 Å². The van der Waals surface area contributed by atoms with Crippen molar-refractivity contribution in [2.75, 3.05) is 5.32 Å². The number of aromatic amines is 1. The van der Waals surface area contributed by atoms with Gasteiger partial charge in [-0.1, -0.05) is 43.2 Å². The fourth-order valence-electron chi connectivity index (χ4n) is 4.36. The van der Waals surface area contributed by atoms with Gasteiger partial charge in [-0.2, -0.15) is 0 Å². The summed E-state index contributed by atoms with van der Waals surface area (Å²) in [7, 11) is 0. The van der Waals surface area contributed by atoms with Gasteiger partial charge in [-0.25, -0.2) is 9.78 Å². The monoisotopic (exact) mass is 414 g/mol. The third kappa shape index (κ3) is 4.06. The Bertz CT molecular complexity index is 1250. The van der Waals surface area contributed by atoms with Gasteiger partial charge >= 0.3 is 5.69 Å². The highest BCUT2D eigenvalue weighted by molar-refractivity contribution is 5.78. The molecule has 1 fully saturated rings. The summed E-state index contributed by atoms with van der Waals surface area (Å²) in [6, 6.07) is 18.4. The average molecular weight is 415 g/mol. The molecule has 0 bridgehead atoms. The van der Waals surface area contributed by atoms with Crippen LogP contribution in [-0.4, -0.2) is 14.5 Å². The first-order valence-corrected chi connectivity index (χ1v) is 10.8. The second-order valence-electron chi connectivity index (χ2n) is 8.20. The zero-order valence-electron chi connectivity index (χ0n) is 17.6. The molecule has 4 aromatic rings. The topological polar surface area (TPSA) is 71.9 Å². The van der Waals surface area contributed by atoms with E-state index in [1.54, 1.807) is 6.20 Å². The number of anilines is 2. The molecule has 5 rings (SSSR count). The summed E-state index contributed by atoms with van der Waals surface area (Å²) in [6.45, 7) is 2.58. The number of ether oxygens (including phenoxy) is 1. The van der Waals surface area contributed by atoms with Crippen molar-refractivity contribution in [3.63, 3.8) is 0 Å². The lowest BCUT2D eigenvalue weighted by molar-refractivity contribution is 0.306. The van der Waals surface area contributed by atoms with Gasteiger partial charge in [0.05, 0.1) is 17.2 Å². The van der Waals surface area contributed by atoms with E-state index in [4.69, 9.17) is 4.74 Å².